The van der Waals surface area contributed by atoms with E-state index in [1.165, 1.54) is 29.7 Å². The number of H-pyrrole nitrogens is 1. The van der Waals surface area contributed by atoms with Crippen LogP contribution < -0.4 is 16.2 Å². The second-order valence-electron chi connectivity index (χ2n) is 6.39. The van der Waals surface area contributed by atoms with E-state index in [2.05, 4.69) is 20.6 Å². The molecule has 2 aromatic heterocycles. The van der Waals surface area contributed by atoms with E-state index in [0.29, 0.717) is 40.7 Å². The Morgan fingerprint density at radius 1 is 1.06 bits per heavy atom. The van der Waals surface area contributed by atoms with Crippen LogP contribution in [0.1, 0.15) is 39.8 Å². The van der Waals surface area contributed by atoms with Crippen molar-refractivity contribution < 1.29 is 19.1 Å². The van der Waals surface area contributed by atoms with Gasteiger partial charge in [0, 0.05) is 29.8 Å². The Bertz CT molecular complexity index is 1120. The first-order valence-electron chi connectivity index (χ1n) is 9.46. The average Bonchev–Trinajstić information content (AvgIpc) is 3.20. The molecule has 0 fully saturated rings. The number of nitrogens with one attached hydrogen (secondary N) is 3. The molecule has 0 aliphatic carbocycles. The zero-order chi connectivity index (χ0) is 22.2. The van der Waals surface area contributed by atoms with Gasteiger partial charge >= 0.3 is 5.97 Å². The van der Waals surface area contributed by atoms with Gasteiger partial charge in [-0.15, -0.1) is 11.3 Å². The first-order valence-corrected chi connectivity index (χ1v) is 10.3. The van der Waals surface area contributed by atoms with Crippen LogP contribution in [0.2, 0.25) is 0 Å². The maximum atomic E-state index is 12.2. The molecule has 0 saturated carbocycles. The van der Waals surface area contributed by atoms with Crippen LogP contribution in [0.15, 0.2) is 52.8 Å². The highest BCUT2D eigenvalue weighted by atomic mass is 32.1. The largest absolute Gasteiger partial charge is 0.462 e. The van der Waals surface area contributed by atoms with Crippen LogP contribution in [0.3, 0.4) is 0 Å². The van der Waals surface area contributed by atoms with Crippen molar-refractivity contribution in [3.8, 4) is 0 Å². The molecule has 0 spiro atoms. The van der Waals surface area contributed by atoms with E-state index < -0.39 is 5.97 Å². The molecule has 0 radical (unpaired) electrons. The maximum Gasteiger partial charge on any atom is 0.338 e. The lowest BCUT2D eigenvalue weighted by Gasteiger charge is -2.06. The van der Waals surface area contributed by atoms with Gasteiger partial charge in [0.1, 0.15) is 0 Å². The summed E-state index contributed by atoms with van der Waals surface area (Å²) < 4.78 is 4.92. The summed E-state index contributed by atoms with van der Waals surface area (Å²) in [5, 5.41) is 7.59. The maximum absolute atomic E-state index is 12.2. The molecule has 0 unspecified atom stereocenters. The minimum absolute atomic E-state index is 0.198. The fourth-order valence-corrected chi connectivity index (χ4v) is 3.31. The van der Waals surface area contributed by atoms with Crippen LogP contribution in [0.25, 0.3) is 0 Å². The van der Waals surface area contributed by atoms with Gasteiger partial charge in [-0.05, 0) is 43.7 Å². The van der Waals surface area contributed by atoms with Gasteiger partial charge in [-0.25, -0.2) is 9.78 Å². The second-order valence-corrected chi connectivity index (χ2v) is 7.24. The first kappa shape index (κ1) is 21.9. The number of aromatic nitrogens is 2. The number of carbonyl (C=O) groups is 3. The number of anilines is 2. The number of hydrogen-bond acceptors (Lipinski definition) is 7. The molecule has 0 aliphatic heterocycles. The Hall–Kier alpha value is -3.79. The van der Waals surface area contributed by atoms with E-state index in [4.69, 9.17) is 4.74 Å². The normalized spacial score (nSPS) is 10.4. The Balaban J connectivity index is 1.48. The van der Waals surface area contributed by atoms with Crippen LogP contribution in [0.5, 0.6) is 0 Å². The zero-order valence-electron chi connectivity index (χ0n) is 16.6. The van der Waals surface area contributed by atoms with Crippen LogP contribution in [-0.2, 0) is 16.0 Å². The molecule has 9 nitrogen and oxygen atoms in total. The smallest absolute Gasteiger partial charge is 0.338 e. The van der Waals surface area contributed by atoms with Gasteiger partial charge < -0.3 is 15.0 Å². The van der Waals surface area contributed by atoms with Gasteiger partial charge in [0.2, 0.25) is 11.5 Å². The summed E-state index contributed by atoms with van der Waals surface area (Å²) in [4.78, 5) is 53.8. The SMILES string of the molecule is CCOC(=O)c1ccc(NC(=O)CCc2csc(NC(=O)c3ccc(=O)[nH]c3)n2)cc1. The van der Waals surface area contributed by atoms with Gasteiger partial charge in [-0.2, -0.15) is 0 Å². The summed E-state index contributed by atoms with van der Waals surface area (Å²) >= 11 is 1.25. The molecular formula is C21H20N4O5S. The predicted molar refractivity (Wildman–Crippen MR) is 116 cm³/mol. The first-order chi connectivity index (χ1) is 14.9. The third kappa shape index (κ3) is 6.34. The van der Waals surface area contributed by atoms with Crippen LogP contribution in [0.4, 0.5) is 10.8 Å². The summed E-state index contributed by atoms with van der Waals surface area (Å²) in [5.74, 6) is -0.996. The molecule has 31 heavy (non-hydrogen) atoms. The Kier molecular flexibility index (Phi) is 7.28. The van der Waals surface area contributed by atoms with E-state index in [1.807, 2.05) is 0 Å². The summed E-state index contributed by atoms with van der Waals surface area (Å²) in [5.41, 5.74) is 1.68. The van der Waals surface area contributed by atoms with Crippen molar-refractivity contribution in [2.75, 3.05) is 17.2 Å². The zero-order valence-corrected chi connectivity index (χ0v) is 17.5. The van der Waals surface area contributed by atoms with E-state index in [-0.39, 0.29) is 23.8 Å². The van der Waals surface area contributed by atoms with Crippen molar-refractivity contribution in [1.29, 1.82) is 0 Å². The lowest BCUT2D eigenvalue weighted by atomic mass is 10.2. The number of thiazole rings is 1. The third-order valence-electron chi connectivity index (χ3n) is 4.11. The monoisotopic (exact) mass is 440 g/mol. The van der Waals surface area contributed by atoms with Gasteiger partial charge in [0.15, 0.2) is 5.13 Å². The molecule has 3 aromatic rings. The summed E-state index contributed by atoms with van der Waals surface area (Å²) in [6.45, 7) is 2.03. The molecular weight excluding hydrogens is 420 g/mol. The number of aryl methyl sites for hydroxylation is 1. The van der Waals surface area contributed by atoms with Crippen molar-refractivity contribution in [3.63, 3.8) is 0 Å². The molecule has 2 heterocycles. The highest BCUT2D eigenvalue weighted by Gasteiger charge is 2.11. The highest BCUT2D eigenvalue weighted by molar-refractivity contribution is 7.14. The molecule has 2 amide bonds. The topological polar surface area (TPSA) is 130 Å². The van der Waals surface area contributed by atoms with E-state index >= 15 is 0 Å². The number of carbonyl (C=O) groups excluding carboxylic acids is 3. The number of benzene rings is 1. The molecule has 3 N–H and O–H groups in total. The van der Waals surface area contributed by atoms with Gasteiger partial charge in [-0.3, -0.25) is 19.7 Å². The molecule has 1 aromatic carbocycles. The van der Waals surface area contributed by atoms with E-state index in [0.717, 1.165) is 0 Å². The van der Waals surface area contributed by atoms with Crippen molar-refractivity contribution in [2.45, 2.75) is 19.8 Å². The number of esters is 1. The van der Waals surface area contributed by atoms with Crippen molar-refractivity contribution in [1.82, 2.24) is 9.97 Å². The van der Waals surface area contributed by atoms with Crippen molar-refractivity contribution in [2.24, 2.45) is 0 Å². The molecule has 160 valence electrons. The minimum atomic E-state index is -0.410. The number of rotatable bonds is 8. The quantitative estimate of drug-likeness (QED) is 0.462. The standard InChI is InChI=1S/C21H20N4O5S/c1-2-30-20(29)13-3-6-15(7-4-13)23-18(27)10-8-16-12-31-21(24-16)25-19(28)14-5-9-17(26)22-11-14/h3-7,9,11-12H,2,8,10H2,1H3,(H,22,26)(H,23,27)(H,24,25,28). The fraction of sp³-hybridized carbons (Fsp3) is 0.190. The highest BCUT2D eigenvalue weighted by Crippen LogP contribution is 2.18. The fourth-order valence-electron chi connectivity index (χ4n) is 2.57. The van der Waals surface area contributed by atoms with Gasteiger partial charge in [0.05, 0.1) is 23.4 Å². The van der Waals surface area contributed by atoms with Crippen molar-refractivity contribution in [3.05, 3.63) is 75.1 Å². The molecule has 10 heteroatoms. The number of amides is 2. The van der Waals surface area contributed by atoms with Crippen LogP contribution in [-0.4, -0.2) is 34.4 Å². The predicted octanol–water partition coefficient (Wildman–Crippen LogP) is 2.83. The number of hydrogen-bond donors (Lipinski definition) is 3. The molecule has 0 aliphatic rings. The Morgan fingerprint density at radius 2 is 1.81 bits per heavy atom. The minimum Gasteiger partial charge on any atom is -0.462 e. The van der Waals surface area contributed by atoms with E-state index in [1.54, 1.807) is 36.6 Å². The average molecular weight is 440 g/mol. The Morgan fingerprint density at radius 3 is 2.48 bits per heavy atom. The number of aromatic amines is 1. The van der Waals surface area contributed by atoms with Gasteiger partial charge in [0.25, 0.3) is 5.91 Å². The Labute approximate surface area is 181 Å². The second kappa shape index (κ2) is 10.3. The summed E-state index contributed by atoms with van der Waals surface area (Å²) in [7, 11) is 0. The summed E-state index contributed by atoms with van der Waals surface area (Å²) in [6, 6.07) is 9.14. The van der Waals surface area contributed by atoms with Crippen molar-refractivity contribution >= 4 is 39.9 Å². The number of nitrogens with zero attached hydrogens (tertiary/aromatic N) is 1. The molecule has 0 saturated heterocycles. The third-order valence-corrected chi connectivity index (χ3v) is 4.91. The van der Waals surface area contributed by atoms with Crippen LogP contribution >= 0.6 is 11.3 Å². The van der Waals surface area contributed by atoms with E-state index in [9.17, 15) is 19.2 Å². The number of ether oxygens (including phenoxy) is 1. The summed E-state index contributed by atoms with van der Waals surface area (Å²) in [6.07, 6.45) is 1.93. The molecule has 0 bridgehead atoms. The lowest BCUT2D eigenvalue weighted by Crippen LogP contribution is -2.14. The molecule has 3 rings (SSSR count). The number of pyridine rings is 1. The molecule has 0 atom stereocenters. The lowest BCUT2D eigenvalue weighted by molar-refractivity contribution is -0.116. The van der Waals surface area contributed by atoms with Gasteiger partial charge in [-0.1, -0.05) is 0 Å². The van der Waals surface area contributed by atoms with Crippen LogP contribution in [0, 0.1) is 0 Å².